The molecule has 1 N–H and O–H groups in total. The molecule has 0 saturated carbocycles. The first-order chi connectivity index (χ1) is 7.11. The zero-order valence-corrected chi connectivity index (χ0v) is 8.96. The lowest BCUT2D eigenvalue weighted by Gasteiger charge is -2.08. The SMILES string of the molecule is CCN1Cc2cc(C(C)=O)c(=O)[nH]c2C1. The molecule has 0 atom stereocenters. The highest BCUT2D eigenvalue weighted by atomic mass is 16.1. The van der Waals surface area contributed by atoms with E-state index in [1.165, 1.54) is 6.92 Å². The van der Waals surface area contributed by atoms with Gasteiger partial charge in [-0.25, -0.2) is 0 Å². The van der Waals surface area contributed by atoms with Crippen LogP contribution in [0.5, 0.6) is 0 Å². The summed E-state index contributed by atoms with van der Waals surface area (Å²) in [5.41, 5.74) is 2.03. The van der Waals surface area contributed by atoms with E-state index in [4.69, 9.17) is 0 Å². The summed E-state index contributed by atoms with van der Waals surface area (Å²) in [5, 5.41) is 0. The van der Waals surface area contributed by atoms with Crippen LogP contribution in [0.2, 0.25) is 0 Å². The number of aromatic amines is 1. The molecule has 80 valence electrons. The highest BCUT2D eigenvalue weighted by molar-refractivity contribution is 5.93. The summed E-state index contributed by atoms with van der Waals surface area (Å²) in [7, 11) is 0. The smallest absolute Gasteiger partial charge is 0.259 e. The highest BCUT2D eigenvalue weighted by Crippen LogP contribution is 2.19. The molecule has 0 spiro atoms. The van der Waals surface area contributed by atoms with Crippen molar-refractivity contribution in [1.82, 2.24) is 9.88 Å². The number of carbonyl (C=O) groups is 1. The molecule has 0 amide bonds. The van der Waals surface area contributed by atoms with Crippen LogP contribution in [0.25, 0.3) is 0 Å². The van der Waals surface area contributed by atoms with Crippen molar-refractivity contribution < 1.29 is 4.79 Å². The van der Waals surface area contributed by atoms with Crippen LogP contribution in [-0.4, -0.2) is 22.2 Å². The van der Waals surface area contributed by atoms with Crippen molar-refractivity contribution in [2.75, 3.05) is 6.54 Å². The molecule has 0 unspecified atom stereocenters. The average Bonchev–Trinajstić information content (AvgIpc) is 2.58. The van der Waals surface area contributed by atoms with Gasteiger partial charge in [-0.2, -0.15) is 0 Å². The molecule has 0 aliphatic carbocycles. The molecular weight excluding hydrogens is 192 g/mol. The van der Waals surface area contributed by atoms with Crippen LogP contribution >= 0.6 is 0 Å². The van der Waals surface area contributed by atoms with Crippen molar-refractivity contribution in [2.24, 2.45) is 0 Å². The van der Waals surface area contributed by atoms with Gasteiger partial charge in [0.2, 0.25) is 0 Å². The number of hydrogen-bond acceptors (Lipinski definition) is 3. The zero-order chi connectivity index (χ0) is 11.0. The third kappa shape index (κ3) is 1.72. The Hall–Kier alpha value is -1.42. The predicted molar refractivity (Wildman–Crippen MR) is 56.9 cm³/mol. The average molecular weight is 206 g/mol. The van der Waals surface area contributed by atoms with E-state index in [2.05, 4.69) is 16.8 Å². The summed E-state index contributed by atoms with van der Waals surface area (Å²) < 4.78 is 0. The summed E-state index contributed by atoms with van der Waals surface area (Å²) in [6.07, 6.45) is 0. The monoisotopic (exact) mass is 206 g/mol. The molecule has 0 saturated heterocycles. The van der Waals surface area contributed by atoms with E-state index in [0.717, 1.165) is 30.9 Å². The first-order valence-electron chi connectivity index (χ1n) is 5.10. The second-order valence-corrected chi connectivity index (χ2v) is 3.88. The fourth-order valence-electron chi connectivity index (χ4n) is 1.90. The lowest BCUT2D eigenvalue weighted by Crippen LogP contribution is -2.18. The Morgan fingerprint density at radius 2 is 2.27 bits per heavy atom. The third-order valence-electron chi connectivity index (χ3n) is 2.82. The minimum atomic E-state index is -0.265. The second-order valence-electron chi connectivity index (χ2n) is 3.88. The van der Waals surface area contributed by atoms with Crippen LogP contribution in [0.4, 0.5) is 0 Å². The normalized spacial score (nSPS) is 15.3. The van der Waals surface area contributed by atoms with E-state index >= 15 is 0 Å². The first-order valence-corrected chi connectivity index (χ1v) is 5.10. The van der Waals surface area contributed by atoms with Gasteiger partial charge in [-0.15, -0.1) is 0 Å². The number of fused-ring (bicyclic) bond motifs is 1. The van der Waals surface area contributed by atoms with Crippen LogP contribution in [0, 0.1) is 0 Å². The van der Waals surface area contributed by atoms with Crippen LogP contribution in [0.1, 0.15) is 35.5 Å². The highest BCUT2D eigenvalue weighted by Gasteiger charge is 2.20. The Kier molecular flexibility index (Phi) is 2.44. The van der Waals surface area contributed by atoms with Gasteiger partial charge in [0.1, 0.15) is 0 Å². The molecule has 4 nitrogen and oxygen atoms in total. The summed E-state index contributed by atoms with van der Waals surface area (Å²) >= 11 is 0. The molecule has 1 aromatic rings. The Balaban J connectivity index is 2.45. The Morgan fingerprint density at radius 3 is 2.87 bits per heavy atom. The number of aromatic nitrogens is 1. The molecule has 0 fully saturated rings. The van der Waals surface area contributed by atoms with Crippen molar-refractivity contribution in [3.05, 3.63) is 33.2 Å². The van der Waals surface area contributed by atoms with E-state index in [1.54, 1.807) is 6.07 Å². The maximum atomic E-state index is 11.5. The topological polar surface area (TPSA) is 53.2 Å². The van der Waals surface area contributed by atoms with Gasteiger partial charge in [0.25, 0.3) is 5.56 Å². The molecule has 4 heteroatoms. The van der Waals surface area contributed by atoms with E-state index in [-0.39, 0.29) is 16.9 Å². The molecule has 15 heavy (non-hydrogen) atoms. The molecule has 1 aliphatic rings. The summed E-state index contributed by atoms with van der Waals surface area (Å²) in [5.74, 6) is -0.172. The Labute approximate surface area is 87.9 Å². The summed E-state index contributed by atoms with van der Waals surface area (Å²) in [6.45, 7) is 6.05. The van der Waals surface area contributed by atoms with Crippen molar-refractivity contribution in [3.8, 4) is 0 Å². The van der Waals surface area contributed by atoms with Gasteiger partial charge in [-0.05, 0) is 25.1 Å². The van der Waals surface area contributed by atoms with Gasteiger partial charge in [0.05, 0.1) is 5.56 Å². The largest absolute Gasteiger partial charge is 0.324 e. The van der Waals surface area contributed by atoms with E-state index in [9.17, 15) is 9.59 Å². The number of pyridine rings is 1. The van der Waals surface area contributed by atoms with Crippen molar-refractivity contribution in [1.29, 1.82) is 0 Å². The first kappa shape index (κ1) is 10.1. The van der Waals surface area contributed by atoms with Crippen molar-refractivity contribution >= 4 is 5.78 Å². The number of hydrogen-bond donors (Lipinski definition) is 1. The maximum absolute atomic E-state index is 11.5. The summed E-state index contributed by atoms with van der Waals surface area (Å²) in [4.78, 5) is 27.7. The molecule has 0 radical (unpaired) electrons. The lowest BCUT2D eigenvalue weighted by atomic mass is 10.1. The number of rotatable bonds is 2. The number of ketones is 1. The van der Waals surface area contributed by atoms with E-state index < -0.39 is 0 Å². The van der Waals surface area contributed by atoms with Gasteiger partial charge < -0.3 is 4.98 Å². The fraction of sp³-hybridized carbons (Fsp3) is 0.455. The molecule has 2 heterocycles. The number of nitrogens with zero attached hydrogens (tertiary/aromatic N) is 1. The van der Waals surface area contributed by atoms with E-state index in [1.807, 2.05) is 0 Å². The van der Waals surface area contributed by atoms with Gasteiger partial charge in [-0.1, -0.05) is 6.92 Å². The van der Waals surface area contributed by atoms with E-state index in [0.29, 0.717) is 0 Å². The molecule has 1 aromatic heterocycles. The summed E-state index contributed by atoms with van der Waals surface area (Å²) in [6, 6.07) is 1.73. The van der Waals surface area contributed by atoms with Crippen LogP contribution in [0.3, 0.4) is 0 Å². The molecular formula is C11H14N2O2. The fourth-order valence-corrected chi connectivity index (χ4v) is 1.90. The minimum absolute atomic E-state index is 0.172. The Bertz CT molecular complexity index is 462. The molecule has 0 bridgehead atoms. The maximum Gasteiger partial charge on any atom is 0.259 e. The van der Waals surface area contributed by atoms with Crippen LogP contribution in [-0.2, 0) is 13.1 Å². The van der Waals surface area contributed by atoms with Gasteiger partial charge in [0, 0.05) is 18.8 Å². The number of nitrogens with one attached hydrogen (secondary N) is 1. The third-order valence-corrected chi connectivity index (χ3v) is 2.82. The zero-order valence-electron chi connectivity index (χ0n) is 8.96. The Morgan fingerprint density at radius 1 is 1.53 bits per heavy atom. The molecule has 0 aromatic carbocycles. The predicted octanol–water partition coefficient (Wildman–Crippen LogP) is 0.913. The van der Waals surface area contributed by atoms with Crippen molar-refractivity contribution in [3.63, 3.8) is 0 Å². The van der Waals surface area contributed by atoms with Gasteiger partial charge in [0.15, 0.2) is 5.78 Å². The van der Waals surface area contributed by atoms with Gasteiger partial charge in [-0.3, -0.25) is 14.5 Å². The van der Waals surface area contributed by atoms with Crippen LogP contribution in [0.15, 0.2) is 10.9 Å². The second kappa shape index (κ2) is 3.62. The quantitative estimate of drug-likeness (QED) is 0.732. The van der Waals surface area contributed by atoms with Gasteiger partial charge >= 0.3 is 0 Å². The molecule has 1 aliphatic heterocycles. The van der Waals surface area contributed by atoms with Crippen LogP contribution < -0.4 is 5.56 Å². The number of carbonyl (C=O) groups excluding carboxylic acids is 1. The standard InChI is InChI=1S/C11H14N2O2/c1-3-13-5-8-4-9(7(2)14)11(15)12-10(8)6-13/h4H,3,5-6H2,1-2H3,(H,12,15). The molecule has 2 rings (SSSR count). The minimum Gasteiger partial charge on any atom is -0.324 e. The number of H-pyrrole nitrogens is 1. The number of Topliss-reactive ketones (excluding diaryl/α,β-unsaturated/α-hetero) is 1. The van der Waals surface area contributed by atoms with Crippen molar-refractivity contribution in [2.45, 2.75) is 26.9 Å². The lowest BCUT2D eigenvalue weighted by molar-refractivity contribution is 0.101.